The van der Waals surface area contributed by atoms with E-state index in [2.05, 4.69) is 22.9 Å². The first-order chi connectivity index (χ1) is 5.33. The van der Waals surface area contributed by atoms with Gasteiger partial charge in [0.25, 0.3) is 0 Å². The maximum absolute atomic E-state index is 4.15. The zero-order valence-electron chi connectivity index (χ0n) is 6.50. The Labute approximate surface area is 76.5 Å². The third kappa shape index (κ3) is 3.22. The molecule has 0 aliphatic heterocycles. The molecule has 0 radical (unpaired) electrons. The predicted molar refractivity (Wildman–Crippen MR) is 52.4 cm³/mol. The summed E-state index contributed by atoms with van der Waals surface area (Å²) >= 11 is 5.84. The van der Waals surface area contributed by atoms with E-state index >= 15 is 0 Å². The molecule has 1 aromatic rings. The fraction of sp³-hybridized carbons (Fsp3) is 0.571. The summed E-state index contributed by atoms with van der Waals surface area (Å²) in [6.45, 7) is 3.90. The molecule has 0 bridgehead atoms. The molecule has 1 N–H and O–H groups in total. The summed E-state index contributed by atoms with van der Waals surface area (Å²) in [4.78, 5) is 5.45. The smallest absolute Gasteiger partial charge is 0.0897 e. The highest BCUT2D eigenvalue weighted by Gasteiger charge is 1.95. The van der Waals surface area contributed by atoms with E-state index in [9.17, 15) is 0 Å². The first-order valence-electron chi connectivity index (χ1n) is 3.56. The van der Waals surface area contributed by atoms with Crippen LogP contribution in [0, 0.1) is 6.92 Å². The predicted octanol–water partition coefficient (Wildman–Crippen LogP) is 1.47. The molecule has 0 saturated heterocycles. The average molecular weight is 188 g/mol. The molecule has 2 nitrogen and oxygen atoms in total. The van der Waals surface area contributed by atoms with Gasteiger partial charge in [-0.2, -0.15) is 12.6 Å². The molecule has 0 aliphatic carbocycles. The number of hydrogen-bond donors (Lipinski definition) is 2. The van der Waals surface area contributed by atoms with Gasteiger partial charge in [-0.15, -0.1) is 11.3 Å². The monoisotopic (exact) mass is 188 g/mol. The van der Waals surface area contributed by atoms with Crippen molar-refractivity contribution < 1.29 is 0 Å². The number of nitrogens with one attached hydrogen (secondary N) is 1. The van der Waals surface area contributed by atoms with Crippen LogP contribution in [-0.2, 0) is 6.54 Å². The summed E-state index contributed by atoms with van der Waals surface area (Å²) in [6.07, 6.45) is 1.92. The maximum Gasteiger partial charge on any atom is 0.0897 e. The Kier molecular flexibility index (Phi) is 3.90. The van der Waals surface area contributed by atoms with Crippen molar-refractivity contribution in [2.24, 2.45) is 0 Å². The minimum atomic E-state index is 0.887. The van der Waals surface area contributed by atoms with Crippen molar-refractivity contribution >= 4 is 24.0 Å². The van der Waals surface area contributed by atoms with Crippen LogP contribution in [0.4, 0.5) is 0 Å². The van der Waals surface area contributed by atoms with Gasteiger partial charge >= 0.3 is 0 Å². The minimum Gasteiger partial charge on any atom is -0.311 e. The molecule has 1 aromatic heterocycles. The molecule has 4 heteroatoms. The number of rotatable bonds is 4. The third-order valence-electron chi connectivity index (χ3n) is 1.26. The Hall–Kier alpha value is -0.0600. The van der Waals surface area contributed by atoms with Gasteiger partial charge in [-0.3, -0.25) is 0 Å². The van der Waals surface area contributed by atoms with Crippen molar-refractivity contribution in [3.63, 3.8) is 0 Å². The van der Waals surface area contributed by atoms with Crippen LogP contribution in [-0.4, -0.2) is 17.3 Å². The highest BCUT2D eigenvalue weighted by atomic mass is 32.1. The van der Waals surface area contributed by atoms with E-state index in [0.717, 1.165) is 23.8 Å². The van der Waals surface area contributed by atoms with Crippen molar-refractivity contribution in [3.8, 4) is 0 Å². The molecule has 11 heavy (non-hydrogen) atoms. The van der Waals surface area contributed by atoms with Gasteiger partial charge in [-0.1, -0.05) is 0 Å². The molecule has 0 atom stereocenters. The lowest BCUT2D eigenvalue weighted by atomic mass is 10.5. The molecular formula is C7H12N2S2. The van der Waals surface area contributed by atoms with Crippen LogP contribution in [0.2, 0.25) is 0 Å². The van der Waals surface area contributed by atoms with Gasteiger partial charge in [-0.05, 0) is 6.92 Å². The lowest BCUT2D eigenvalue weighted by Crippen LogP contribution is -2.14. The van der Waals surface area contributed by atoms with Gasteiger partial charge in [0.1, 0.15) is 0 Å². The lowest BCUT2D eigenvalue weighted by molar-refractivity contribution is 0.741. The molecule has 0 amide bonds. The van der Waals surface area contributed by atoms with E-state index in [0.29, 0.717) is 0 Å². The van der Waals surface area contributed by atoms with Crippen LogP contribution in [0.1, 0.15) is 9.88 Å². The second-order valence-electron chi connectivity index (χ2n) is 2.25. The van der Waals surface area contributed by atoms with E-state index < -0.39 is 0 Å². The summed E-state index contributed by atoms with van der Waals surface area (Å²) in [6, 6.07) is 0. The second-order valence-corrected chi connectivity index (χ2v) is 4.01. The highest BCUT2D eigenvalue weighted by molar-refractivity contribution is 7.80. The van der Waals surface area contributed by atoms with E-state index in [1.54, 1.807) is 11.3 Å². The standard InChI is InChI=1S/C7H12N2S2/c1-6-9-5-7(11-6)4-8-2-3-10/h5,8,10H,2-4H2,1H3. The van der Waals surface area contributed by atoms with Crippen molar-refractivity contribution in [3.05, 3.63) is 16.1 Å². The van der Waals surface area contributed by atoms with Crippen molar-refractivity contribution in [1.82, 2.24) is 10.3 Å². The Morgan fingerprint density at radius 3 is 3.09 bits per heavy atom. The Bertz CT molecular complexity index is 210. The van der Waals surface area contributed by atoms with Crippen LogP contribution in [0.3, 0.4) is 0 Å². The summed E-state index contributed by atoms with van der Waals surface area (Å²) in [5.41, 5.74) is 0. The third-order valence-corrected chi connectivity index (χ3v) is 2.39. The molecule has 0 spiro atoms. The largest absolute Gasteiger partial charge is 0.311 e. The number of thiazole rings is 1. The first-order valence-corrected chi connectivity index (χ1v) is 5.00. The van der Waals surface area contributed by atoms with Crippen LogP contribution in [0.25, 0.3) is 0 Å². The molecule has 0 fully saturated rings. The number of thiol groups is 1. The highest BCUT2D eigenvalue weighted by Crippen LogP contribution is 2.10. The Balaban J connectivity index is 2.27. The number of nitrogens with zero attached hydrogens (tertiary/aromatic N) is 1. The molecule has 1 heterocycles. The first kappa shape index (κ1) is 9.03. The Morgan fingerprint density at radius 2 is 2.55 bits per heavy atom. The molecular weight excluding hydrogens is 176 g/mol. The summed E-state index contributed by atoms with van der Waals surface area (Å²) in [5.74, 6) is 0.887. The summed E-state index contributed by atoms with van der Waals surface area (Å²) in [7, 11) is 0. The van der Waals surface area contributed by atoms with E-state index in [-0.39, 0.29) is 0 Å². The van der Waals surface area contributed by atoms with Crippen LogP contribution >= 0.6 is 24.0 Å². The number of hydrogen-bond acceptors (Lipinski definition) is 4. The van der Waals surface area contributed by atoms with Gasteiger partial charge in [0.05, 0.1) is 5.01 Å². The minimum absolute atomic E-state index is 0.887. The van der Waals surface area contributed by atoms with Crippen LogP contribution in [0.5, 0.6) is 0 Å². The molecule has 62 valence electrons. The molecule has 0 unspecified atom stereocenters. The summed E-state index contributed by atoms with van der Waals surface area (Å²) in [5, 5.41) is 4.39. The van der Waals surface area contributed by atoms with Crippen molar-refractivity contribution in [2.75, 3.05) is 12.3 Å². The zero-order valence-corrected chi connectivity index (χ0v) is 8.21. The maximum atomic E-state index is 4.15. The molecule has 0 aromatic carbocycles. The fourth-order valence-corrected chi connectivity index (χ4v) is 1.70. The van der Waals surface area contributed by atoms with E-state index in [1.807, 2.05) is 13.1 Å². The number of aromatic nitrogens is 1. The average Bonchev–Trinajstić information content (AvgIpc) is 2.37. The van der Waals surface area contributed by atoms with Crippen LogP contribution in [0.15, 0.2) is 6.20 Å². The van der Waals surface area contributed by atoms with Gasteiger partial charge in [0, 0.05) is 29.9 Å². The van der Waals surface area contributed by atoms with Gasteiger partial charge < -0.3 is 5.32 Å². The summed E-state index contributed by atoms with van der Waals surface area (Å²) < 4.78 is 0. The molecule has 0 aliphatic rings. The van der Waals surface area contributed by atoms with Crippen molar-refractivity contribution in [1.29, 1.82) is 0 Å². The van der Waals surface area contributed by atoms with E-state index in [1.165, 1.54) is 4.88 Å². The SMILES string of the molecule is Cc1ncc(CNCCS)s1. The van der Waals surface area contributed by atoms with Crippen molar-refractivity contribution in [2.45, 2.75) is 13.5 Å². The van der Waals surface area contributed by atoms with E-state index in [4.69, 9.17) is 0 Å². The zero-order chi connectivity index (χ0) is 8.10. The topological polar surface area (TPSA) is 24.9 Å². The Morgan fingerprint density at radius 1 is 1.73 bits per heavy atom. The van der Waals surface area contributed by atoms with Crippen LogP contribution < -0.4 is 5.32 Å². The molecule has 1 rings (SSSR count). The van der Waals surface area contributed by atoms with Gasteiger partial charge in [0.2, 0.25) is 0 Å². The second kappa shape index (κ2) is 4.74. The lowest BCUT2D eigenvalue weighted by Gasteiger charge is -1.97. The quantitative estimate of drug-likeness (QED) is 0.552. The normalized spacial score (nSPS) is 10.4. The fourth-order valence-electron chi connectivity index (χ4n) is 0.778. The molecule has 0 saturated carbocycles. The number of aryl methyl sites for hydroxylation is 1. The van der Waals surface area contributed by atoms with Gasteiger partial charge in [-0.25, -0.2) is 4.98 Å². The van der Waals surface area contributed by atoms with Gasteiger partial charge in [0.15, 0.2) is 0 Å².